The van der Waals surface area contributed by atoms with Crippen LogP contribution in [-0.2, 0) is 10.0 Å². The van der Waals surface area contributed by atoms with E-state index in [9.17, 15) is 26.0 Å². The van der Waals surface area contributed by atoms with Gasteiger partial charge in [-0.15, -0.1) is 0 Å². The predicted octanol–water partition coefficient (Wildman–Crippen LogP) is 4.36. The number of sulfonamides is 1. The average Bonchev–Trinajstić information content (AvgIpc) is 3.16. The van der Waals surface area contributed by atoms with E-state index in [2.05, 4.69) is 9.97 Å². The van der Waals surface area contributed by atoms with Crippen LogP contribution in [0.25, 0.3) is 27.7 Å². The zero-order valence-corrected chi connectivity index (χ0v) is 17.7. The molecule has 4 rings (SSSR count). The van der Waals surface area contributed by atoms with Gasteiger partial charge in [-0.05, 0) is 47.9 Å². The number of halogens is 4. The lowest BCUT2D eigenvalue weighted by atomic mass is 10.0. The van der Waals surface area contributed by atoms with Gasteiger partial charge in [0.1, 0.15) is 17.2 Å². The smallest absolute Gasteiger partial charge is 0.404 e. The lowest BCUT2D eigenvalue weighted by Crippen LogP contribution is -2.40. The zero-order chi connectivity index (χ0) is 23.1. The molecular formula is C21H19F4N3O3S. The van der Waals surface area contributed by atoms with Crippen LogP contribution in [0.1, 0.15) is 12.1 Å². The monoisotopic (exact) mass is 469 g/mol. The quantitative estimate of drug-likeness (QED) is 0.564. The third kappa shape index (κ3) is 4.49. The SMILES string of the molecule is COc1ccc(F)cc1-c1ccnc2[nH]c(C3=CCN(S(=O)(=O)CC(F)(F)F)CC3)cc12. The topological polar surface area (TPSA) is 75.3 Å². The van der Waals surface area contributed by atoms with Gasteiger partial charge in [0.25, 0.3) is 0 Å². The Morgan fingerprint density at radius 3 is 2.62 bits per heavy atom. The second kappa shape index (κ2) is 8.21. The zero-order valence-electron chi connectivity index (χ0n) is 16.9. The van der Waals surface area contributed by atoms with Crippen LogP contribution < -0.4 is 4.74 Å². The summed E-state index contributed by atoms with van der Waals surface area (Å²) in [5.74, 6) is -1.81. The Kier molecular flexibility index (Phi) is 5.72. The van der Waals surface area contributed by atoms with Crippen molar-refractivity contribution in [2.24, 2.45) is 0 Å². The average molecular weight is 469 g/mol. The summed E-state index contributed by atoms with van der Waals surface area (Å²) in [6.07, 6.45) is -1.39. The van der Waals surface area contributed by atoms with Crippen molar-refractivity contribution in [1.29, 1.82) is 0 Å². The molecule has 3 heterocycles. The number of ether oxygens (including phenoxy) is 1. The van der Waals surface area contributed by atoms with Crippen LogP contribution in [0.5, 0.6) is 5.75 Å². The maximum atomic E-state index is 13.9. The Labute approximate surface area is 181 Å². The molecule has 1 aliphatic heterocycles. The van der Waals surface area contributed by atoms with Crippen LogP contribution in [0.2, 0.25) is 0 Å². The molecule has 0 atom stereocenters. The van der Waals surface area contributed by atoms with Gasteiger partial charge in [-0.25, -0.2) is 17.8 Å². The summed E-state index contributed by atoms with van der Waals surface area (Å²) in [7, 11) is -2.94. The molecule has 1 N–H and O–H groups in total. The Balaban J connectivity index is 1.66. The number of hydrogen-bond acceptors (Lipinski definition) is 4. The van der Waals surface area contributed by atoms with Gasteiger partial charge >= 0.3 is 6.18 Å². The highest BCUT2D eigenvalue weighted by Gasteiger charge is 2.38. The van der Waals surface area contributed by atoms with Crippen molar-refractivity contribution >= 4 is 26.6 Å². The minimum atomic E-state index is -4.79. The number of nitrogens with zero attached hydrogens (tertiary/aromatic N) is 2. The normalized spacial score (nSPS) is 15.7. The van der Waals surface area contributed by atoms with Gasteiger partial charge in [0.15, 0.2) is 5.75 Å². The van der Waals surface area contributed by atoms with Gasteiger partial charge in [0, 0.05) is 35.9 Å². The van der Waals surface area contributed by atoms with E-state index in [1.54, 1.807) is 18.3 Å². The summed E-state index contributed by atoms with van der Waals surface area (Å²) in [5.41, 5.74) is 3.21. The Hall–Kier alpha value is -2.92. The molecule has 1 aromatic carbocycles. The van der Waals surface area contributed by atoms with Gasteiger partial charge in [0.2, 0.25) is 10.0 Å². The van der Waals surface area contributed by atoms with Crippen LogP contribution in [0, 0.1) is 5.82 Å². The van der Waals surface area contributed by atoms with Crippen molar-refractivity contribution in [1.82, 2.24) is 14.3 Å². The molecule has 32 heavy (non-hydrogen) atoms. The lowest BCUT2D eigenvalue weighted by Gasteiger charge is -2.26. The van der Waals surface area contributed by atoms with Crippen LogP contribution in [0.4, 0.5) is 17.6 Å². The molecule has 170 valence electrons. The lowest BCUT2D eigenvalue weighted by molar-refractivity contribution is -0.107. The van der Waals surface area contributed by atoms with E-state index in [1.807, 2.05) is 6.07 Å². The highest BCUT2D eigenvalue weighted by atomic mass is 32.2. The molecule has 0 amide bonds. The maximum absolute atomic E-state index is 13.9. The summed E-state index contributed by atoms with van der Waals surface area (Å²) >= 11 is 0. The molecule has 3 aromatic rings. The molecule has 0 unspecified atom stereocenters. The minimum Gasteiger partial charge on any atom is -0.496 e. The highest BCUT2D eigenvalue weighted by molar-refractivity contribution is 7.89. The van der Waals surface area contributed by atoms with E-state index < -0.39 is 27.8 Å². The number of aromatic amines is 1. The van der Waals surface area contributed by atoms with E-state index in [0.29, 0.717) is 33.6 Å². The van der Waals surface area contributed by atoms with Crippen molar-refractivity contribution in [3.63, 3.8) is 0 Å². The minimum absolute atomic E-state index is 0.0579. The molecule has 0 bridgehead atoms. The van der Waals surface area contributed by atoms with E-state index in [4.69, 9.17) is 4.74 Å². The molecule has 0 fully saturated rings. The van der Waals surface area contributed by atoms with E-state index in [1.165, 1.54) is 25.3 Å². The first-order valence-electron chi connectivity index (χ1n) is 9.63. The molecule has 11 heteroatoms. The molecule has 1 aliphatic rings. The number of alkyl halides is 3. The molecule has 0 aliphatic carbocycles. The van der Waals surface area contributed by atoms with Gasteiger partial charge in [-0.2, -0.15) is 17.5 Å². The number of hydrogen-bond donors (Lipinski definition) is 1. The molecule has 0 radical (unpaired) electrons. The second-order valence-electron chi connectivity index (χ2n) is 7.36. The number of nitrogens with one attached hydrogen (secondary N) is 1. The van der Waals surface area contributed by atoms with E-state index in [0.717, 1.165) is 9.88 Å². The maximum Gasteiger partial charge on any atom is 0.404 e. The first-order valence-corrected chi connectivity index (χ1v) is 11.2. The summed E-state index contributed by atoms with van der Waals surface area (Å²) in [4.78, 5) is 7.46. The highest BCUT2D eigenvalue weighted by Crippen LogP contribution is 2.36. The van der Waals surface area contributed by atoms with Crippen LogP contribution in [0.3, 0.4) is 0 Å². The van der Waals surface area contributed by atoms with Gasteiger partial charge in [-0.1, -0.05) is 6.08 Å². The number of rotatable bonds is 5. The van der Waals surface area contributed by atoms with Crippen LogP contribution >= 0.6 is 0 Å². The fraction of sp³-hybridized carbons (Fsp3) is 0.286. The summed E-state index contributed by atoms with van der Waals surface area (Å²) in [5, 5.41) is 0.708. The Morgan fingerprint density at radius 2 is 1.97 bits per heavy atom. The fourth-order valence-corrected chi connectivity index (χ4v) is 5.04. The molecule has 0 saturated heterocycles. The third-order valence-electron chi connectivity index (χ3n) is 5.24. The molecule has 2 aromatic heterocycles. The first-order chi connectivity index (χ1) is 15.1. The summed E-state index contributed by atoms with van der Waals surface area (Å²) in [6, 6.07) is 7.74. The number of pyridine rings is 1. The van der Waals surface area contributed by atoms with Crippen molar-refractivity contribution in [2.75, 3.05) is 26.0 Å². The Bertz CT molecular complexity index is 1300. The number of H-pyrrole nitrogens is 1. The molecule has 6 nitrogen and oxygen atoms in total. The number of aromatic nitrogens is 2. The van der Waals surface area contributed by atoms with Crippen molar-refractivity contribution in [3.8, 4) is 16.9 Å². The molecular weight excluding hydrogens is 450 g/mol. The molecule has 0 spiro atoms. The largest absolute Gasteiger partial charge is 0.496 e. The molecule has 0 saturated carbocycles. The van der Waals surface area contributed by atoms with E-state index >= 15 is 0 Å². The number of fused-ring (bicyclic) bond motifs is 1. The summed E-state index contributed by atoms with van der Waals surface area (Å²) < 4.78 is 81.7. The third-order valence-corrected chi connectivity index (χ3v) is 7.05. The first kappa shape index (κ1) is 22.3. The summed E-state index contributed by atoms with van der Waals surface area (Å²) in [6.45, 7) is -0.210. The van der Waals surface area contributed by atoms with Gasteiger partial charge in [-0.3, -0.25) is 0 Å². The van der Waals surface area contributed by atoms with E-state index in [-0.39, 0.29) is 19.5 Å². The van der Waals surface area contributed by atoms with Gasteiger partial charge < -0.3 is 9.72 Å². The van der Waals surface area contributed by atoms with Crippen molar-refractivity contribution < 1.29 is 30.7 Å². The van der Waals surface area contributed by atoms with Crippen molar-refractivity contribution in [3.05, 3.63) is 54.1 Å². The number of methoxy groups -OCH3 is 1. The standard InChI is InChI=1S/C21H19F4N3O3S/c1-31-19-3-2-14(22)10-16(19)15-4-7-26-20-17(15)11-18(27-20)13-5-8-28(9-6-13)32(29,30)12-21(23,24)25/h2-5,7,10-11H,6,8-9,12H2,1H3,(H,26,27). The second-order valence-corrected chi connectivity index (χ2v) is 9.33. The van der Waals surface area contributed by atoms with Gasteiger partial charge in [0.05, 0.1) is 7.11 Å². The predicted molar refractivity (Wildman–Crippen MR) is 112 cm³/mol. The van der Waals surface area contributed by atoms with Crippen LogP contribution in [-0.4, -0.2) is 54.8 Å². The fourth-order valence-electron chi connectivity index (χ4n) is 3.77. The Morgan fingerprint density at radius 1 is 1.19 bits per heavy atom. The number of benzene rings is 1. The van der Waals surface area contributed by atoms with Crippen LogP contribution in [0.15, 0.2) is 42.6 Å². The van der Waals surface area contributed by atoms with Crippen molar-refractivity contribution in [2.45, 2.75) is 12.6 Å².